The third-order valence-electron chi connectivity index (χ3n) is 4.88. The van der Waals surface area contributed by atoms with Crippen LogP contribution < -0.4 is 5.73 Å². The molecular weight excluding hydrogens is 419 g/mol. The van der Waals surface area contributed by atoms with Gasteiger partial charge in [0.1, 0.15) is 10.0 Å². The maximum atomic E-state index is 13.9. The second kappa shape index (κ2) is 8.70. The molecule has 1 aromatic heterocycles. The normalized spacial score (nSPS) is 16.1. The fourth-order valence-electron chi connectivity index (χ4n) is 3.23. The molecule has 1 aromatic carbocycles. The average Bonchev–Trinajstić information content (AvgIpc) is 3.13. The molecule has 0 unspecified atom stereocenters. The molecule has 0 radical (unpaired) electrons. The molecule has 1 saturated heterocycles. The van der Waals surface area contributed by atoms with E-state index < -0.39 is 27.5 Å². The minimum atomic E-state index is -3.83. The van der Waals surface area contributed by atoms with E-state index in [-0.39, 0.29) is 32.7 Å². The van der Waals surface area contributed by atoms with Crippen LogP contribution in [0.2, 0.25) is 0 Å². The van der Waals surface area contributed by atoms with E-state index in [1.807, 2.05) is 0 Å². The van der Waals surface area contributed by atoms with Crippen molar-refractivity contribution in [3.8, 4) is 0 Å². The van der Waals surface area contributed by atoms with E-state index in [2.05, 4.69) is 0 Å². The van der Waals surface area contributed by atoms with Crippen LogP contribution in [0, 0.1) is 5.82 Å². The van der Waals surface area contributed by atoms with Gasteiger partial charge in [0.05, 0.1) is 17.2 Å². The van der Waals surface area contributed by atoms with Crippen LogP contribution in [0.1, 0.15) is 38.4 Å². The maximum Gasteiger partial charge on any atom is 0.252 e. The Labute approximate surface area is 172 Å². The molecule has 29 heavy (non-hydrogen) atoms. The van der Waals surface area contributed by atoms with Gasteiger partial charge in [0.25, 0.3) is 10.0 Å². The highest BCUT2D eigenvalue weighted by Crippen LogP contribution is 2.31. The van der Waals surface area contributed by atoms with Crippen molar-refractivity contribution in [3.05, 3.63) is 52.2 Å². The highest BCUT2D eigenvalue weighted by Gasteiger charge is 2.32. The molecule has 0 aliphatic carbocycles. The molecule has 0 spiro atoms. The molecule has 1 amide bonds. The summed E-state index contributed by atoms with van der Waals surface area (Å²) in [5, 5.41) is 0. The van der Waals surface area contributed by atoms with Gasteiger partial charge in [0.2, 0.25) is 5.91 Å². The Morgan fingerprint density at radius 2 is 1.90 bits per heavy atom. The summed E-state index contributed by atoms with van der Waals surface area (Å²) in [6.07, 6.45) is 0.843. The summed E-state index contributed by atoms with van der Waals surface area (Å²) in [4.78, 5) is 24.5. The molecule has 2 aromatic rings. The lowest BCUT2D eigenvalue weighted by Crippen LogP contribution is -2.40. The topological polar surface area (TPSA) is 107 Å². The number of rotatable bonds is 7. The van der Waals surface area contributed by atoms with Gasteiger partial charge in [-0.05, 0) is 31.0 Å². The molecule has 1 aliphatic heterocycles. The van der Waals surface area contributed by atoms with E-state index >= 15 is 0 Å². The third kappa shape index (κ3) is 4.55. The molecule has 1 fully saturated rings. The fraction of sp³-hybridized carbons (Fsp3) is 0.368. The summed E-state index contributed by atoms with van der Waals surface area (Å²) < 4.78 is 46.4. The Hall–Kier alpha value is -2.14. The Morgan fingerprint density at radius 1 is 1.24 bits per heavy atom. The summed E-state index contributed by atoms with van der Waals surface area (Å²) in [6.45, 7) is 0.599. The van der Waals surface area contributed by atoms with Gasteiger partial charge in [-0.3, -0.25) is 9.59 Å². The van der Waals surface area contributed by atoms with Gasteiger partial charge in [-0.15, -0.1) is 11.3 Å². The predicted octanol–water partition coefficient (Wildman–Crippen LogP) is 2.21. The van der Waals surface area contributed by atoms with Crippen LogP contribution in [0.4, 0.5) is 4.39 Å². The summed E-state index contributed by atoms with van der Waals surface area (Å²) in [5.74, 6) is -2.07. The van der Waals surface area contributed by atoms with Crippen LogP contribution in [-0.4, -0.2) is 50.7 Å². The number of benzene rings is 1. The lowest BCUT2D eigenvalue weighted by molar-refractivity contribution is 0.0605. The van der Waals surface area contributed by atoms with Crippen LogP contribution in [0.3, 0.4) is 0 Å². The lowest BCUT2D eigenvalue weighted by atomic mass is 10.1. The van der Waals surface area contributed by atoms with Crippen LogP contribution in [0.5, 0.6) is 0 Å². The molecule has 156 valence electrons. The fourth-order valence-corrected chi connectivity index (χ4v) is 6.38. The predicted molar refractivity (Wildman–Crippen MR) is 106 cm³/mol. The Bertz CT molecular complexity index is 1030. The smallest absolute Gasteiger partial charge is 0.252 e. The first-order valence-corrected chi connectivity index (χ1v) is 11.2. The van der Waals surface area contributed by atoms with Crippen LogP contribution in [-0.2, 0) is 21.2 Å². The number of nitrogens with two attached hydrogens (primary N) is 1. The van der Waals surface area contributed by atoms with E-state index in [0.717, 1.165) is 17.4 Å². The summed E-state index contributed by atoms with van der Waals surface area (Å²) >= 11 is 0.819. The first-order valence-electron chi connectivity index (χ1n) is 8.97. The monoisotopic (exact) mass is 440 g/mol. The van der Waals surface area contributed by atoms with Gasteiger partial charge in [0.15, 0.2) is 5.78 Å². The van der Waals surface area contributed by atoms with Gasteiger partial charge >= 0.3 is 0 Å². The van der Waals surface area contributed by atoms with Crippen molar-refractivity contribution in [1.82, 2.24) is 4.31 Å². The van der Waals surface area contributed by atoms with Crippen LogP contribution in [0.15, 0.2) is 34.5 Å². The number of carbonyl (C=O) groups excluding carboxylic acids is 2. The van der Waals surface area contributed by atoms with Gasteiger partial charge in [-0.2, -0.15) is 4.31 Å². The molecular formula is C19H21FN2O5S2. The highest BCUT2D eigenvalue weighted by atomic mass is 32.2. The Balaban J connectivity index is 1.88. The van der Waals surface area contributed by atoms with E-state index in [1.54, 1.807) is 7.11 Å². The second-order valence-electron chi connectivity index (χ2n) is 6.69. The van der Waals surface area contributed by atoms with Crippen molar-refractivity contribution in [2.45, 2.75) is 29.6 Å². The SMILES string of the molecule is COC1CCN(S(=O)(=O)c2cc(C(N)=O)c(CC(=O)c3ccccc3F)s2)CC1. The number of hydrogen-bond donors (Lipinski definition) is 1. The number of ether oxygens (including phenoxy) is 1. The van der Waals surface area contributed by atoms with Crippen molar-refractivity contribution in [1.29, 1.82) is 0 Å². The first-order chi connectivity index (χ1) is 13.7. The minimum Gasteiger partial charge on any atom is -0.381 e. The third-order valence-corrected chi connectivity index (χ3v) is 8.36. The van der Waals surface area contributed by atoms with Crippen LogP contribution >= 0.6 is 11.3 Å². The molecule has 1 aliphatic rings. The number of nitrogens with zero attached hydrogens (tertiary/aromatic N) is 1. The average molecular weight is 441 g/mol. The molecule has 0 atom stereocenters. The molecule has 2 N–H and O–H groups in total. The Kier molecular flexibility index (Phi) is 6.47. The molecule has 2 heterocycles. The number of Topliss-reactive ketones (excluding diaryl/α,β-unsaturated/α-hetero) is 1. The van der Waals surface area contributed by atoms with Gasteiger partial charge < -0.3 is 10.5 Å². The summed E-state index contributed by atoms with van der Waals surface area (Å²) in [7, 11) is -2.24. The first kappa shape index (κ1) is 21.6. The van der Waals surface area contributed by atoms with Crippen molar-refractivity contribution in [2.75, 3.05) is 20.2 Å². The maximum absolute atomic E-state index is 13.9. The molecule has 7 nitrogen and oxygen atoms in total. The largest absolute Gasteiger partial charge is 0.381 e. The zero-order valence-corrected chi connectivity index (χ0v) is 17.4. The lowest BCUT2D eigenvalue weighted by Gasteiger charge is -2.29. The zero-order chi connectivity index (χ0) is 21.2. The van der Waals surface area contributed by atoms with Gasteiger partial charge in [0, 0.05) is 31.5 Å². The molecule has 10 heteroatoms. The van der Waals surface area contributed by atoms with Crippen molar-refractivity contribution >= 4 is 33.1 Å². The number of carbonyl (C=O) groups is 2. The highest BCUT2D eigenvalue weighted by molar-refractivity contribution is 7.91. The zero-order valence-electron chi connectivity index (χ0n) is 15.8. The van der Waals surface area contributed by atoms with Gasteiger partial charge in [-0.1, -0.05) is 12.1 Å². The number of halogens is 1. The number of thiophene rings is 1. The quantitative estimate of drug-likeness (QED) is 0.665. The van der Waals surface area contributed by atoms with Crippen molar-refractivity contribution < 1.29 is 27.1 Å². The number of sulfonamides is 1. The summed E-state index contributed by atoms with van der Waals surface area (Å²) in [5.41, 5.74) is 5.23. The molecule has 0 saturated carbocycles. The van der Waals surface area contributed by atoms with Crippen LogP contribution in [0.25, 0.3) is 0 Å². The van der Waals surface area contributed by atoms with E-state index in [0.29, 0.717) is 25.9 Å². The Morgan fingerprint density at radius 3 is 2.48 bits per heavy atom. The molecule has 0 bridgehead atoms. The number of primary amides is 1. The second-order valence-corrected chi connectivity index (χ2v) is 9.99. The van der Waals surface area contributed by atoms with E-state index in [9.17, 15) is 22.4 Å². The van der Waals surface area contributed by atoms with Gasteiger partial charge in [-0.25, -0.2) is 12.8 Å². The molecule has 3 rings (SSSR count). The minimum absolute atomic E-state index is 0.0138. The van der Waals surface area contributed by atoms with E-state index in [4.69, 9.17) is 10.5 Å². The van der Waals surface area contributed by atoms with E-state index in [1.165, 1.54) is 28.6 Å². The van der Waals surface area contributed by atoms with Crippen molar-refractivity contribution in [3.63, 3.8) is 0 Å². The number of piperidine rings is 1. The number of amides is 1. The summed E-state index contributed by atoms with van der Waals surface area (Å²) in [6, 6.07) is 6.69. The number of hydrogen-bond acceptors (Lipinski definition) is 6. The number of ketones is 1. The standard InChI is InChI=1S/C19H21FN2O5S2/c1-27-12-6-8-22(9-7-12)29(25,26)18-10-14(19(21)24)17(28-18)11-16(23)13-4-2-3-5-15(13)20/h2-5,10,12H,6-9,11H2,1H3,(H2,21,24). The van der Waals surface area contributed by atoms with Crippen molar-refractivity contribution in [2.24, 2.45) is 5.73 Å². The number of methoxy groups -OCH3 is 1.